The summed E-state index contributed by atoms with van der Waals surface area (Å²) < 4.78 is 24.6. The summed E-state index contributed by atoms with van der Waals surface area (Å²) >= 11 is 0. The second kappa shape index (κ2) is 9.81. The Labute approximate surface area is 281 Å². The molecule has 4 aromatic heterocycles. The van der Waals surface area contributed by atoms with Gasteiger partial charge in [0.1, 0.15) is 44.5 Å². The maximum atomic E-state index is 14.3. The quantitative estimate of drug-likeness (QED) is 0.137. The minimum absolute atomic E-state index is 0.214. The first-order valence-corrected chi connectivity index (χ1v) is 16.3. The van der Waals surface area contributed by atoms with Crippen LogP contribution >= 0.6 is 0 Å². The molecule has 234 valence electrons. The van der Waals surface area contributed by atoms with Gasteiger partial charge in [0.15, 0.2) is 5.58 Å². The molecule has 0 aliphatic rings. The molecule has 0 saturated carbocycles. The monoisotopic (exact) mass is 646 g/mol. The van der Waals surface area contributed by atoms with Crippen molar-refractivity contribution in [2.45, 2.75) is 0 Å². The topological polar surface area (TPSA) is 86.7 Å². The Hall–Kier alpha value is -6.92. The predicted molar refractivity (Wildman–Crippen MR) is 199 cm³/mol. The Morgan fingerprint density at radius 3 is 1.26 bits per heavy atom. The van der Waals surface area contributed by atoms with Crippen molar-refractivity contribution < 1.29 is 17.7 Å². The lowest BCUT2D eigenvalue weighted by Crippen LogP contribution is -2.07. The van der Waals surface area contributed by atoms with Gasteiger partial charge in [0.2, 0.25) is 10.9 Å². The molecule has 6 heteroatoms. The van der Waals surface area contributed by atoms with Crippen molar-refractivity contribution in [3.05, 3.63) is 154 Å². The van der Waals surface area contributed by atoms with E-state index < -0.39 is 0 Å². The van der Waals surface area contributed by atoms with Crippen molar-refractivity contribution in [3.63, 3.8) is 0 Å². The average Bonchev–Trinajstić information content (AvgIpc) is 3.72. The van der Waals surface area contributed by atoms with E-state index in [1.165, 1.54) is 0 Å². The Bertz CT molecular complexity index is 3370. The molecule has 0 radical (unpaired) electrons. The standard InChI is InChI=1S/C44H22O6/c45-42-29-13-18-40-41(43(46)33-22-26(11-16-38(33)49-40)24-10-15-37-31(20-24)28-6-2-4-8-35(28)48-37)44(29)50-39-17-12-25(21-32(39)42)23-9-14-36-30(19-23)27-5-1-3-7-34(27)47-36/h1-22H. The molecule has 0 N–H and O–H groups in total. The highest BCUT2D eigenvalue weighted by Crippen LogP contribution is 2.36. The fourth-order valence-electron chi connectivity index (χ4n) is 7.42. The third-order valence-corrected chi connectivity index (χ3v) is 9.89. The van der Waals surface area contributed by atoms with E-state index in [4.69, 9.17) is 17.7 Å². The maximum absolute atomic E-state index is 14.3. The van der Waals surface area contributed by atoms with Gasteiger partial charge in [-0.05, 0) is 95.1 Å². The summed E-state index contributed by atoms with van der Waals surface area (Å²) in [6.45, 7) is 0. The fourth-order valence-corrected chi connectivity index (χ4v) is 7.42. The SMILES string of the molecule is O=c1c2cc(-c3ccc4oc5ccccc5c4c3)ccc2oc2c1ccc1oc3ccc(-c4ccc5oc6ccccc6c5c4)cc3c(=O)c12. The molecular formula is C44H22O6. The zero-order valence-corrected chi connectivity index (χ0v) is 26.2. The predicted octanol–water partition coefficient (Wildman–Crippen LogP) is 11.3. The van der Waals surface area contributed by atoms with Crippen molar-refractivity contribution >= 4 is 87.8 Å². The van der Waals surface area contributed by atoms with Gasteiger partial charge in [0, 0.05) is 21.5 Å². The average molecular weight is 647 g/mol. The van der Waals surface area contributed by atoms with Crippen LogP contribution in [-0.2, 0) is 0 Å². The van der Waals surface area contributed by atoms with Crippen LogP contribution in [0.25, 0.3) is 110 Å². The lowest BCUT2D eigenvalue weighted by Gasteiger charge is -2.09. The molecule has 0 saturated heterocycles. The summed E-state index contributed by atoms with van der Waals surface area (Å²) in [6.07, 6.45) is 0. The Balaban J connectivity index is 1.08. The van der Waals surface area contributed by atoms with E-state index in [2.05, 4.69) is 12.1 Å². The largest absolute Gasteiger partial charge is 0.456 e. The van der Waals surface area contributed by atoms with Gasteiger partial charge < -0.3 is 17.7 Å². The van der Waals surface area contributed by atoms with Crippen LogP contribution in [0.5, 0.6) is 0 Å². The van der Waals surface area contributed by atoms with E-state index in [-0.39, 0.29) is 21.8 Å². The van der Waals surface area contributed by atoms with E-state index >= 15 is 0 Å². The third-order valence-electron chi connectivity index (χ3n) is 9.89. The summed E-state index contributed by atoms with van der Waals surface area (Å²) in [5.74, 6) is 0. The molecule has 0 aliphatic heterocycles. The summed E-state index contributed by atoms with van der Waals surface area (Å²) in [5.41, 5.74) is 7.82. The van der Waals surface area contributed by atoms with Gasteiger partial charge in [-0.3, -0.25) is 9.59 Å². The first kappa shape index (κ1) is 27.1. The highest BCUT2D eigenvalue weighted by Gasteiger charge is 2.18. The minimum Gasteiger partial charge on any atom is -0.456 e. The third kappa shape index (κ3) is 3.78. The summed E-state index contributed by atoms with van der Waals surface area (Å²) in [6, 6.07) is 42.4. The molecule has 50 heavy (non-hydrogen) atoms. The van der Waals surface area contributed by atoms with Crippen LogP contribution in [0.4, 0.5) is 0 Å². The summed E-state index contributed by atoms with van der Waals surface area (Å²) in [5, 5.41) is 5.47. The smallest absolute Gasteiger partial charge is 0.204 e. The molecule has 0 spiro atoms. The molecule has 0 fully saturated rings. The molecule has 6 nitrogen and oxygen atoms in total. The lowest BCUT2D eigenvalue weighted by atomic mass is 9.99. The molecule has 0 amide bonds. The second-order valence-electron chi connectivity index (χ2n) is 12.7. The van der Waals surface area contributed by atoms with Gasteiger partial charge in [0.05, 0.1) is 16.2 Å². The van der Waals surface area contributed by atoms with Crippen molar-refractivity contribution in [3.8, 4) is 22.3 Å². The van der Waals surface area contributed by atoms with Crippen LogP contribution in [0.3, 0.4) is 0 Å². The van der Waals surface area contributed by atoms with E-state index in [1.54, 1.807) is 18.2 Å². The number of hydrogen-bond donors (Lipinski definition) is 0. The highest BCUT2D eigenvalue weighted by molar-refractivity contribution is 6.10. The van der Waals surface area contributed by atoms with Crippen LogP contribution in [0.2, 0.25) is 0 Å². The minimum atomic E-state index is -0.261. The normalized spacial score (nSPS) is 12.2. The first-order chi connectivity index (χ1) is 24.6. The first-order valence-electron chi connectivity index (χ1n) is 16.3. The number of fused-ring (bicyclic) bond motifs is 11. The van der Waals surface area contributed by atoms with Gasteiger partial charge in [-0.15, -0.1) is 0 Å². The molecule has 11 rings (SSSR count). The molecule has 11 aromatic rings. The van der Waals surface area contributed by atoms with Crippen molar-refractivity contribution in [1.29, 1.82) is 0 Å². The molecule has 0 atom stereocenters. The van der Waals surface area contributed by atoms with Crippen LogP contribution in [0.1, 0.15) is 0 Å². The molecule has 0 unspecified atom stereocenters. The van der Waals surface area contributed by atoms with Crippen LogP contribution in [0, 0.1) is 0 Å². The van der Waals surface area contributed by atoms with Gasteiger partial charge in [-0.2, -0.15) is 0 Å². The number of rotatable bonds is 2. The Kier molecular flexibility index (Phi) is 5.31. The van der Waals surface area contributed by atoms with E-state index in [9.17, 15) is 9.59 Å². The number of hydrogen-bond acceptors (Lipinski definition) is 6. The molecular weight excluding hydrogens is 624 g/mol. The van der Waals surface area contributed by atoms with Crippen LogP contribution in [0.15, 0.2) is 161 Å². The zero-order chi connectivity index (χ0) is 33.1. The van der Waals surface area contributed by atoms with E-state index in [0.717, 1.165) is 66.1 Å². The molecule has 7 aromatic carbocycles. The zero-order valence-electron chi connectivity index (χ0n) is 26.2. The Morgan fingerprint density at radius 2 is 0.700 bits per heavy atom. The molecule has 0 bridgehead atoms. The molecule has 0 aliphatic carbocycles. The van der Waals surface area contributed by atoms with E-state index in [0.29, 0.717) is 32.9 Å². The van der Waals surface area contributed by atoms with Crippen LogP contribution < -0.4 is 10.9 Å². The lowest BCUT2D eigenvalue weighted by molar-refractivity contribution is 0.649. The summed E-state index contributed by atoms with van der Waals surface area (Å²) in [4.78, 5) is 28.3. The van der Waals surface area contributed by atoms with Gasteiger partial charge in [-0.1, -0.05) is 60.7 Å². The van der Waals surface area contributed by atoms with Gasteiger partial charge in [-0.25, -0.2) is 0 Å². The number of furan rings is 2. The Morgan fingerprint density at radius 1 is 0.300 bits per heavy atom. The van der Waals surface area contributed by atoms with Gasteiger partial charge in [0.25, 0.3) is 0 Å². The number of benzene rings is 7. The van der Waals surface area contributed by atoms with Crippen LogP contribution in [-0.4, -0.2) is 0 Å². The number of para-hydroxylation sites is 2. The van der Waals surface area contributed by atoms with E-state index in [1.807, 2.05) is 103 Å². The maximum Gasteiger partial charge on any atom is 0.204 e. The highest BCUT2D eigenvalue weighted by atomic mass is 16.3. The second-order valence-corrected chi connectivity index (χ2v) is 12.7. The van der Waals surface area contributed by atoms with Crippen molar-refractivity contribution in [1.82, 2.24) is 0 Å². The molecule has 4 heterocycles. The van der Waals surface area contributed by atoms with Crippen molar-refractivity contribution in [2.24, 2.45) is 0 Å². The van der Waals surface area contributed by atoms with Crippen molar-refractivity contribution in [2.75, 3.05) is 0 Å². The fraction of sp³-hybridized carbons (Fsp3) is 0. The van der Waals surface area contributed by atoms with Gasteiger partial charge >= 0.3 is 0 Å². The summed E-state index contributed by atoms with van der Waals surface area (Å²) in [7, 11) is 0.